The Hall–Kier alpha value is -0.530. The van der Waals surface area contributed by atoms with Crippen LogP contribution in [0.15, 0.2) is 0 Å². The second-order valence-electron chi connectivity index (χ2n) is 6.80. The molecule has 0 aromatic heterocycles. The number of carbonyl (C=O) groups is 1. The van der Waals surface area contributed by atoms with Crippen molar-refractivity contribution < 1.29 is 9.53 Å². The van der Waals surface area contributed by atoms with Crippen molar-refractivity contribution in [3.8, 4) is 0 Å². The van der Waals surface area contributed by atoms with Crippen molar-refractivity contribution in [2.24, 2.45) is 16.7 Å². The Morgan fingerprint density at radius 3 is 2.06 bits per heavy atom. The molecule has 0 fully saturated rings. The quantitative estimate of drug-likeness (QED) is 0.509. The van der Waals surface area contributed by atoms with E-state index in [2.05, 4.69) is 41.5 Å². The predicted molar refractivity (Wildman–Crippen MR) is 72.9 cm³/mol. The zero-order chi connectivity index (χ0) is 13.7. The summed E-state index contributed by atoms with van der Waals surface area (Å²) in [5, 5.41) is 0. The fraction of sp³-hybridized carbons (Fsp3) is 0.933. The molecule has 17 heavy (non-hydrogen) atoms. The highest BCUT2D eigenvalue weighted by atomic mass is 16.5. The molecule has 0 radical (unpaired) electrons. The largest absolute Gasteiger partial charge is 0.465 e. The topological polar surface area (TPSA) is 26.3 Å². The van der Waals surface area contributed by atoms with Gasteiger partial charge in [0, 0.05) is 0 Å². The molecule has 0 aliphatic rings. The second kappa shape index (κ2) is 6.42. The van der Waals surface area contributed by atoms with Crippen molar-refractivity contribution in [1.29, 1.82) is 0 Å². The minimum Gasteiger partial charge on any atom is -0.465 e. The van der Waals surface area contributed by atoms with Crippen molar-refractivity contribution in [1.82, 2.24) is 0 Å². The van der Waals surface area contributed by atoms with E-state index in [1.807, 2.05) is 6.92 Å². The average molecular weight is 242 g/mol. The van der Waals surface area contributed by atoms with Gasteiger partial charge in [-0.05, 0) is 31.1 Å². The van der Waals surface area contributed by atoms with Gasteiger partial charge in [-0.3, -0.25) is 4.79 Å². The van der Waals surface area contributed by atoms with Gasteiger partial charge < -0.3 is 4.74 Å². The Balaban J connectivity index is 4.65. The number of hydrogen-bond donors (Lipinski definition) is 0. The Bertz CT molecular complexity index is 238. The standard InChI is InChI=1S/C15H30O2/c1-8-9-10-17-13(16)15(7,12(2)3)11-14(4,5)6/h12H,8-11H2,1-7H3. The molecule has 0 N–H and O–H groups in total. The molecule has 2 nitrogen and oxygen atoms in total. The van der Waals surface area contributed by atoms with Crippen LogP contribution >= 0.6 is 0 Å². The molecule has 2 heteroatoms. The first kappa shape index (κ1) is 16.5. The molecule has 0 bridgehead atoms. The lowest BCUT2D eigenvalue weighted by molar-refractivity contribution is -0.160. The van der Waals surface area contributed by atoms with Crippen molar-refractivity contribution in [3.05, 3.63) is 0 Å². The molecule has 1 unspecified atom stereocenters. The minimum atomic E-state index is -0.369. The van der Waals surface area contributed by atoms with Gasteiger partial charge in [0.2, 0.25) is 0 Å². The first-order valence-corrected chi connectivity index (χ1v) is 6.80. The van der Waals surface area contributed by atoms with E-state index in [1.54, 1.807) is 0 Å². The van der Waals surface area contributed by atoms with Crippen LogP contribution in [0.4, 0.5) is 0 Å². The molecule has 0 saturated carbocycles. The fourth-order valence-corrected chi connectivity index (χ4v) is 2.09. The first-order valence-electron chi connectivity index (χ1n) is 6.80. The van der Waals surface area contributed by atoms with E-state index in [4.69, 9.17) is 4.74 Å². The number of carbonyl (C=O) groups excluding carboxylic acids is 1. The van der Waals surface area contributed by atoms with Gasteiger partial charge in [0.25, 0.3) is 0 Å². The molecular formula is C15H30O2. The van der Waals surface area contributed by atoms with Crippen LogP contribution in [0.25, 0.3) is 0 Å². The lowest BCUT2D eigenvalue weighted by Gasteiger charge is -2.36. The second-order valence-corrected chi connectivity index (χ2v) is 6.80. The van der Waals surface area contributed by atoms with Crippen molar-refractivity contribution >= 4 is 5.97 Å². The van der Waals surface area contributed by atoms with Gasteiger partial charge in [-0.1, -0.05) is 48.0 Å². The summed E-state index contributed by atoms with van der Waals surface area (Å²) in [7, 11) is 0. The number of rotatable bonds is 6. The molecule has 0 aliphatic carbocycles. The maximum Gasteiger partial charge on any atom is 0.312 e. The highest BCUT2D eigenvalue weighted by Crippen LogP contribution is 2.40. The zero-order valence-corrected chi connectivity index (χ0v) is 12.7. The molecule has 0 aromatic rings. The maximum absolute atomic E-state index is 12.2. The van der Waals surface area contributed by atoms with Crippen LogP contribution in [0.3, 0.4) is 0 Å². The Morgan fingerprint density at radius 1 is 1.18 bits per heavy atom. The smallest absolute Gasteiger partial charge is 0.312 e. The third kappa shape index (κ3) is 5.56. The fourth-order valence-electron chi connectivity index (χ4n) is 2.09. The van der Waals surface area contributed by atoms with Crippen LogP contribution < -0.4 is 0 Å². The Labute approximate surface area is 107 Å². The highest BCUT2D eigenvalue weighted by molar-refractivity contribution is 5.76. The van der Waals surface area contributed by atoms with E-state index >= 15 is 0 Å². The molecule has 0 saturated heterocycles. The van der Waals surface area contributed by atoms with E-state index in [-0.39, 0.29) is 16.8 Å². The summed E-state index contributed by atoms with van der Waals surface area (Å²) in [5.74, 6) is 0.270. The summed E-state index contributed by atoms with van der Waals surface area (Å²) < 4.78 is 5.42. The van der Waals surface area contributed by atoms with Gasteiger partial charge in [-0.2, -0.15) is 0 Å². The summed E-state index contributed by atoms with van der Waals surface area (Å²) in [6.07, 6.45) is 2.88. The number of hydrogen-bond acceptors (Lipinski definition) is 2. The Morgan fingerprint density at radius 2 is 1.71 bits per heavy atom. The lowest BCUT2D eigenvalue weighted by atomic mass is 9.69. The van der Waals surface area contributed by atoms with Crippen LogP contribution in [-0.4, -0.2) is 12.6 Å². The van der Waals surface area contributed by atoms with E-state index in [9.17, 15) is 4.79 Å². The summed E-state index contributed by atoms with van der Waals surface area (Å²) in [4.78, 5) is 12.2. The summed E-state index contributed by atoms with van der Waals surface area (Å²) in [5.41, 5.74) is -0.227. The molecule has 0 heterocycles. The normalized spacial score (nSPS) is 15.8. The molecule has 0 aliphatic heterocycles. The van der Waals surface area contributed by atoms with Gasteiger partial charge in [0.15, 0.2) is 0 Å². The van der Waals surface area contributed by atoms with Crippen LogP contribution in [0.1, 0.15) is 67.7 Å². The molecule has 0 aromatic carbocycles. The number of esters is 1. The Kier molecular flexibility index (Phi) is 6.22. The molecule has 102 valence electrons. The minimum absolute atomic E-state index is 0.0316. The summed E-state index contributed by atoms with van der Waals surface area (Å²) in [6, 6.07) is 0. The average Bonchev–Trinajstić information content (AvgIpc) is 2.14. The van der Waals surface area contributed by atoms with E-state index in [0.29, 0.717) is 12.5 Å². The highest BCUT2D eigenvalue weighted by Gasteiger charge is 2.41. The molecular weight excluding hydrogens is 212 g/mol. The third-order valence-corrected chi connectivity index (χ3v) is 3.37. The van der Waals surface area contributed by atoms with E-state index < -0.39 is 0 Å². The van der Waals surface area contributed by atoms with Gasteiger partial charge in [0.05, 0.1) is 12.0 Å². The monoisotopic (exact) mass is 242 g/mol. The van der Waals surface area contributed by atoms with E-state index in [0.717, 1.165) is 19.3 Å². The van der Waals surface area contributed by atoms with Gasteiger partial charge in [0.1, 0.15) is 0 Å². The first-order chi connectivity index (χ1) is 7.63. The van der Waals surface area contributed by atoms with Crippen LogP contribution in [0.5, 0.6) is 0 Å². The zero-order valence-electron chi connectivity index (χ0n) is 12.7. The predicted octanol–water partition coefficient (Wildman–Crippen LogP) is 4.43. The summed E-state index contributed by atoms with van der Waals surface area (Å²) in [6.45, 7) is 15.4. The maximum atomic E-state index is 12.2. The lowest BCUT2D eigenvalue weighted by Crippen LogP contribution is -2.38. The SMILES string of the molecule is CCCCOC(=O)C(C)(CC(C)(C)C)C(C)C. The summed E-state index contributed by atoms with van der Waals surface area (Å²) >= 11 is 0. The molecule has 0 rings (SSSR count). The number of unbranched alkanes of at least 4 members (excludes halogenated alkanes) is 1. The molecule has 0 spiro atoms. The van der Waals surface area contributed by atoms with Crippen molar-refractivity contribution in [3.63, 3.8) is 0 Å². The third-order valence-electron chi connectivity index (χ3n) is 3.37. The van der Waals surface area contributed by atoms with E-state index in [1.165, 1.54) is 0 Å². The van der Waals surface area contributed by atoms with Crippen molar-refractivity contribution in [2.75, 3.05) is 6.61 Å². The van der Waals surface area contributed by atoms with Crippen molar-refractivity contribution in [2.45, 2.75) is 67.7 Å². The number of ether oxygens (including phenoxy) is 1. The van der Waals surface area contributed by atoms with Crippen LogP contribution in [-0.2, 0) is 9.53 Å². The van der Waals surface area contributed by atoms with Crippen LogP contribution in [0, 0.1) is 16.7 Å². The van der Waals surface area contributed by atoms with Gasteiger partial charge in [-0.25, -0.2) is 0 Å². The van der Waals surface area contributed by atoms with Gasteiger partial charge >= 0.3 is 5.97 Å². The van der Waals surface area contributed by atoms with Crippen LogP contribution in [0.2, 0.25) is 0 Å². The van der Waals surface area contributed by atoms with Gasteiger partial charge in [-0.15, -0.1) is 0 Å². The molecule has 1 atom stereocenters. The molecule has 0 amide bonds.